The Bertz CT molecular complexity index is 571. The summed E-state index contributed by atoms with van der Waals surface area (Å²) in [6, 6.07) is 2.98. The van der Waals surface area contributed by atoms with Crippen molar-refractivity contribution in [1.82, 2.24) is 15.0 Å². The number of amides is 1. The summed E-state index contributed by atoms with van der Waals surface area (Å²) in [4.78, 5) is 15.6. The van der Waals surface area contributed by atoms with Crippen molar-refractivity contribution in [1.29, 1.82) is 0 Å². The Hall–Kier alpha value is -1.51. The molecule has 8 heteroatoms. The number of pyridine rings is 1. The lowest BCUT2D eigenvalue weighted by atomic mass is 9.94. The SMILES string of the molecule is CCC(N)(CC)CNC(=O)CCNS(=O)(=O)c1cccnc1. The molecule has 1 heterocycles. The summed E-state index contributed by atoms with van der Waals surface area (Å²) in [5.74, 6) is -0.231. The maximum Gasteiger partial charge on any atom is 0.242 e. The van der Waals surface area contributed by atoms with E-state index in [4.69, 9.17) is 5.73 Å². The molecule has 0 aliphatic rings. The van der Waals surface area contributed by atoms with Gasteiger partial charge in [-0.3, -0.25) is 9.78 Å². The van der Waals surface area contributed by atoms with Gasteiger partial charge in [0, 0.05) is 37.4 Å². The molecule has 0 radical (unpaired) electrons. The molecule has 0 aromatic carbocycles. The van der Waals surface area contributed by atoms with Crippen LogP contribution in [0.3, 0.4) is 0 Å². The highest BCUT2D eigenvalue weighted by atomic mass is 32.2. The number of sulfonamides is 1. The van der Waals surface area contributed by atoms with Crippen LogP contribution in [-0.4, -0.2) is 37.9 Å². The van der Waals surface area contributed by atoms with Gasteiger partial charge >= 0.3 is 0 Å². The van der Waals surface area contributed by atoms with E-state index in [-0.39, 0.29) is 23.8 Å². The minimum Gasteiger partial charge on any atom is -0.354 e. The molecule has 0 unspecified atom stereocenters. The minimum atomic E-state index is -3.63. The van der Waals surface area contributed by atoms with Crippen LogP contribution in [0.4, 0.5) is 0 Å². The second kappa shape index (κ2) is 8.21. The number of nitrogens with zero attached hydrogens (tertiary/aromatic N) is 1. The van der Waals surface area contributed by atoms with Crippen molar-refractivity contribution in [2.45, 2.75) is 43.5 Å². The van der Waals surface area contributed by atoms with Gasteiger partial charge in [0.15, 0.2) is 0 Å². The first-order valence-corrected chi connectivity index (χ1v) is 8.76. The van der Waals surface area contributed by atoms with E-state index in [0.717, 1.165) is 12.8 Å². The first-order valence-electron chi connectivity index (χ1n) is 7.28. The third kappa shape index (κ3) is 5.70. The predicted octanol–water partition coefficient (Wildman–Crippen LogP) is 0.384. The average Bonchev–Trinajstić information content (AvgIpc) is 2.53. The van der Waals surface area contributed by atoms with Crippen LogP contribution in [-0.2, 0) is 14.8 Å². The summed E-state index contributed by atoms with van der Waals surface area (Å²) in [5.41, 5.74) is 5.67. The molecule has 0 bridgehead atoms. The van der Waals surface area contributed by atoms with Gasteiger partial charge in [0.25, 0.3) is 0 Å². The third-order valence-corrected chi connectivity index (χ3v) is 5.08. The second-order valence-electron chi connectivity index (χ2n) is 5.18. The lowest BCUT2D eigenvalue weighted by molar-refractivity contribution is -0.121. The van der Waals surface area contributed by atoms with Crippen LogP contribution < -0.4 is 15.8 Å². The molecule has 4 N–H and O–H groups in total. The lowest BCUT2D eigenvalue weighted by Gasteiger charge is -2.26. The highest BCUT2D eigenvalue weighted by Gasteiger charge is 2.21. The summed E-state index contributed by atoms with van der Waals surface area (Å²) in [5, 5.41) is 2.74. The van der Waals surface area contributed by atoms with Gasteiger partial charge in [-0.25, -0.2) is 13.1 Å². The highest BCUT2D eigenvalue weighted by molar-refractivity contribution is 7.89. The third-order valence-electron chi connectivity index (χ3n) is 3.63. The molecule has 0 saturated carbocycles. The zero-order valence-corrected chi connectivity index (χ0v) is 13.8. The fourth-order valence-corrected chi connectivity index (χ4v) is 2.75. The summed E-state index contributed by atoms with van der Waals surface area (Å²) in [6.07, 6.45) is 4.33. The molecule has 124 valence electrons. The van der Waals surface area contributed by atoms with Crippen molar-refractivity contribution in [2.24, 2.45) is 5.73 Å². The molecule has 0 atom stereocenters. The Balaban J connectivity index is 2.40. The molecule has 0 fully saturated rings. The van der Waals surface area contributed by atoms with E-state index in [9.17, 15) is 13.2 Å². The van der Waals surface area contributed by atoms with Gasteiger partial charge in [0.1, 0.15) is 4.90 Å². The maximum absolute atomic E-state index is 11.9. The summed E-state index contributed by atoms with van der Waals surface area (Å²) >= 11 is 0. The molecule has 1 aromatic heterocycles. The minimum absolute atomic E-state index is 0.0267. The Morgan fingerprint density at radius 1 is 1.36 bits per heavy atom. The van der Waals surface area contributed by atoms with Crippen LogP contribution in [0.1, 0.15) is 33.1 Å². The van der Waals surface area contributed by atoms with Crippen molar-refractivity contribution in [3.63, 3.8) is 0 Å². The number of nitrogens with one attached hydrogen (secondary N) is 2. The zero-order chi connectivity index (χ0) is 16.6. The van der Waals surface area contributed by atoms with Crippen molar-refractivity contribution in [3.8, 4) is 0 Å². The van der Waals surface area contributed by atoms with E-state index in [1.54, 1.807) is 0 Å². The number of hydrogen-bond acceptors (Lipinski definition) is 5. The van der Waals surface area contributed by atoms with Crippen molar-refractivity contribution >= 4 is 15.9 Å². The molecule has 1 amide bonds. The van der Waals surface area contributed by atoms with Gasteiger partial charge in [-0.2, -0.15) is 0 Å². The molecule has 7 nitrogen and oxygen atoms in total. The number of carbonyl (C=O) groups excluding carboxylic acids is 1. The largest absolute Gasteiger partial charge is 0.354 e. The van der Waals surface area contributed by atoms with Gasteiger partial charge < -0.3 is 11.1 Å². The first kappa shape index (κ1) is 18.5. The van der Waals surface area contributed by atoms with Crippen LogP contribution in [0.5, 0.6) is 0 Å². The highest BCUT2D eigenvalue weighted by Crippen LogP contribution is 2.09. The second-order valence-corrected chi connectivity index (χ2v) is 6.95. The number of rotatable bonds is 9. The number of hydrogen-bond donors (Lipinski definition) is 3. The van der Waals surface area contributed by atoms with Crippen molar-refractivity contribution in [3.05, 3.63) is 24.5 Å². The van der Waals surface area contributed by atoms with Gasteiger partial charge in [-0.1, -0.05) is 13.8 Å². The number of nitrogens with two attached hydrogens (primary N) is 1. The van der Waals surface area contributed by atoms with E-state index in [2.05, 4.69) is 15.0 Å². The molecule has 1 rings (SSSR count). The first-order chi connectivity index (χ1) is 10.3. The Morgan fingerprint density at radius 3 is 2.59 bits per heavy atom. The zero-order valence-electron chi connectivity index (χ0n) is 13.0. The van der Waals surface area contributed by atoms with Crippen LogP contribution in [0.2, 0.25) is 0 Å². The molecular formula is C14H24N4O3S. The number of aromatic nitrogens is 1. The van der Waals surface area contributed by atoms with Gasteiger partial charge in [0.2, 0.25) is 15.9 Å². The van der Waals surface area contributed by atoms with Crippen LogP contribution in [0, 0.1) is 0 Å². The van der Waals surface area contributed by atoms with E-state index in [0.29, 0.717) is 6.54 Å². The molecule has 0 aliphatic heterocycles. The smallest absolute Gasteiger partial charge is 0.242 e. The standard InChI is InChI=1S/C14H24N4O3S/c1-3-14(15,4-2)11-17-13(19)7-9-18-22(20,21)12-6-5-8-16-10-12/h5-6,8,10,18H,3-4,7,9,11,15H2,1-2H3,(H,17,19). The molecule has 0 saturated heterocycles. The van der Waals surface area contributed by atoms with Gasteiger partial charge in [-0.05, 0) is 25.0 Å². The molecule has 0 aliphatic carbocycles. The Morgan fingerprint density at radius 2 is 2.05 bits per heavy atom. The molecule has 22 heavy (non-hydrogen) atoms. The molecular weight excluding hydrogens is 304 g/mol. The normalized spacial score (nSPS) is 12.1. The fourth-order valence-electron chi connectivity index (χ4n) is 1.75. The lowest BCUT2D eigenvalue weighted by Crippen LogP contribution is -2.49. The van der Waals surface area contributed by atoms with Gasteiger partial charge in [-0.15, -0.1) is 0 Å². The van der Waals surface area contributed by atoms with E-state index < -0.39 is 15.6 Å². The molecule has 0 spiro atoms. The Kier molecular flexibility index (Phi) is 6.92. The van der Waals surface area contributed by atoms with E-state index >= 15 is 0 Å². The van der Waals surface area contributed by atoms with Gasteiger partial charge in [0.05, 0.1) is 0 Å². The predicted molar refractivity (Wildman–Crippen MR) is 84.6 cm³/mol. The maximum atomic E-state index is 11.9. The van der Waals surface area contributed by atoms with Crippen LogP contribution >= 0.6 is 0 Å². The monoisotopic (exact) mass is 328 g/mol. The quantitative estimate of drug-likeness (QED) is 0.606. The van der Waals surface area contributed by atoms with Crippen molar-refractivity contribution < 1.29 is 13.2 Å². The van der Waals surface area contributed by atoms with E-state index in [1.165, 1.54) is 24.5 Å². The van der Waals surface area contributed by atoms with E-state index in [1.807, 2.05) is 13.8 Å². The average molecular weight is 328 g/mol. The summed E-state index contributed by atoms with van der Waals surface area (Å²) in [6.45, 7) is 4.35. The summed E-state index contributed by atoms with van der Waals surface area (Å²) in [7, 11) is -3.63. The fraction of sp³-hybridized carbons (Fsp3) is 0.571. The van der Waals surface area contributed by atoms with Crippen LogP contribution in [0.15, 0.2) is 29.4 Å². The topological polar surface area (TPSA) is 114 Å². The molecule has 1 aromatic rings. The summed E-state index contributed by atoms with van der Waals surface area (Å²) < 4.78 is 26.2. The number of carbonyl (C=O) groups is 1. The van der Waals surface area contributed by atoms with Crippen molar-refractivity contribution in [2.75, 3.05) is 13.1 Å². The Labute approximate surface area is 131 Å². The van der Waals surface area contributed by atoms with Crippen LogP contribution in [0.25, 0.3) is 0 Å².